The van der Waals surface area contributed by atoms with Gasteiger partial charge >= 0.3 is 0 Å². The van der Waals surface area contributed by atoms with Gasteiger partial charge in [-0.1, -0.05) is 83.9 Å². The van der Waals surface area contributed by atoms with E-state index in [1.165, 1.54) is 31.2 Å². The molecule has 4 aromatic rings. The lowest BCUT2D eigenvalue weighted by Crippen LogP contribution is -2.53. The standard InChI is InChI=1S/C35H39N3O5S/c1-25-11-16-29(17-12-25)23-37(32(35(40)36-4)22-28-9-7-6-8-10-28)34(39)24-38(31-21-27(3)15-20-33(31)43-5)44(41,42)30-18-13-26(2)14-19-30/h6-21,32H,22-24H2,1-5H3,(H,36,40)/t32-/m1/s1. The Morgan fingerprint density at radius 1 is 0.795 bits per heavy atom. The molecule has 4 rings (SSSR count). The Labute approximate surface area is 260 Å². The average Bonchev–Trinajstić information content (AvgIpc) is 3.02. The maximum Gasteiger partial charge on any atom is 0.264 e. The predicted octanol–water partition coefficient (Wildman–Crippen LogP) is 5.20. The van der Waals surface area contributed by atoms with Crippen LogP contribution in [0.3, 0.4) is 0 Å². The minimum absolute atomic E-state index is 0.0386. The fourth-order valence-corrected chi connectivity index (χ4v) is 6.37. The quantitative estimate of drug-likeness (QED) is 0.237. The molecule has 4 aromatic carbocycles. The number of sulfonamides is 1. The molecule has 0 saturated carbocycles. The van der Waals surface area contributed by atoms with E-state index in [1.807, 2.05) is 81.4 Å². The van der Waals surface area contributed by atoms with E-state index < -0.39 is 28.5 Å². The maximum atomic E-state index is 14.5. The van der Waals surface area contributed by atoms with Crippen molar-refractivity contribution in [2.45, 2.75) is 44.7 Å². The van der Waals surface area contributed by atoms with Gasteiger partial charge in [-0.2, -0.15) is 0 Å². The molecule has 0 unspecified atom stereocenters. The van der Waals surface area contributed by atoms with Crippen LogP contribution >= 0.6 is 0 Å². The van der Waals surface area contributed by atoms with Crippen LogP contribution in [0.4, 0.5) is 5.69 Å². The number of carbonyl (C=O) groups is 2. The summed E-state index contributed by atoms with van der Waals surface area (Å²) in [7, 11) is -1.25. The molecule has 0 fully saturated rings. The molecule has 0 aliphatic rings. The highest BCUT2D eigenvalue weighted by Gasteiger charge is 2.35. The number of methoxy groups -OCH3 is 1. The molecule has 1 atom stereocenters. The summed E-state index contributed by atoms with van der Waals surface area (Å²) < 4.78 is 35.1. The van der Waals surface area contributed by atoms with Gasteiger partial charge in [0.05, 0.1) is 17.7 Å². The van der Waals surface area contributed by atoms with Gasteiger partial charge in [-0.25, -0.2) is 8.42 Å². The molecule has 0 aliphatic carbocycles. The Morgan fingerprint density at radius 3 is 1.98 bits per heavy atom. The van der Waals surface area contributed by atoms with E-state index in [9.17, 15) is 18.0 Å². The lowest BCUT2D eigenvalue weighted by atomic mass is 10.0. The van der Waals surface area contributed by atoms with E-state index in [0.29, 0.717) is 5.75 Å². The lowest BCUT2D eigenvalue weighted by molar-refractivity contribution is -0.139. The molecule has 0 aliphatic heterocycles. The lowest BCUT2D eigenvalue weighted by Gasteiger charge is -2.34. The highest BCUT2D eigenvalue weighted by molar-refractivity contribution is 7.92. The molecular formula is C35H39N3O5S. The zero-order valence-electron chi connectivity index (χ0n) is 25.8. The summed E-state index contributed by atoms with van der Waals surface area (Å²) in [5.74, 6) is -0.582. The Kier molecular flexibility index (Phi) is 10.4. The SMILES string of the molecule is CNC(=O)[C@@H](Cc1ccccc1)N(Cc1ccc(C)cc1)C(=O)CN(c1cc(C)ccc1OC)S(=O)(=O)c1ccc(C)cc1. The Hall–Kier alpha value is -4.63. The number of benzene rings is 4. The van der Waals surface area contributed by atoms with Crippen LogP contribution in [0.25, 0.3) is 0 Å². The highest BCUT2D eigenvalue weighted by Crippen LogP contribution is 2.34. The van der Waals surface area contributed by atoms with Crippen molar-refractivity contribution in [2.24, 2.45) is 0 Å². The van der Waals surface area contributed by atoms with Crippen molar-refractivity contribution in [3.8, 4) is 5.75 Å². The first-order chi connectivity index (χ1) is 21.0. The third-order valence-electron chi connectivity index (χ3n) is 7.48. The molecule has 8 nitrogen and oxygen atoms in total. The minimum Gasteiger partial charge on any atom is -0.495 e. The summed E-state index contributed by atoms with van der Waals surface area (Å²) in [4.78, 5) is 29.4. The zero-order chi connectivity index (χ0) is 31.9. The van der Waals surface area contributed by atoms with Gasteiger partial charge < -0.3 is 15.0 Å². The maximum absolute atomic E-state index is 14.5. The van der Waals surface area contributed by atoms with Gasteiger partial charge in [-0.05, 0) is 61.7 Å². The second-order valence-electron chi connectivity index (χ2n) is 10.8. The summed E-state index contributed by atoms with van der Waals surface area (Å²) in [6.07, 6.45) is 0.247. The van der Waals surface area contributed by atoms with Crippen molar-refractivity contribution in [1.29, 1.82) is 0 Å². The summed E-state index contributed by atoms with van der Waals surface area (Å²) in [5.41, 5.74) is 4.66. The molecule has 0 aromatic heterocycles. The van der Waals surface area contributed by atoms with Crippen LogP contribution in [-0.2, 0) is 32.6 Å². The monoisotopic (exact) mass is 613 g/mol. The van der Waals surface area contributed by atoms with Gasteiger partial charge in [0.25, 0.3) is 10.0 Å². The molecule has 0 saturated heterocycles. The number of rotatable bonds is 12. The third-order valence-corrected chi connectivity index (χ3v) is 9.26. The van der Waals surface area contributed by atoms with Crippen molar-refractivity contribution < 1.29 is 22.7 Å². The van der Waals surface area contributed by atoms with E-state index >= 15 is 0 Å². The van der Waals surface area contributed by atoms with E-state index in [2.05, 4.69) is 5.32 Å². The largest absolute Gasteiger partial charge is 0.495 e. The van der Waals surface area contributed by atoms with Crippen LogP contribution in [0.2, 0.25) is 0 Å². The number of likely N-dealkylation sites (N-methyl/N-ethyl adjacent to an activating group) is 1. The zero-order valence-corrected chi connectivity index (χ0v) is 26.6. The molecule has 230 valence electrons. The number of nitrogens with zero attached hydrogens (tertiary/aromatic N) is 2. The van der Waals surface area contributed by atoms with E-state index in [-0.39, 0.29) is 29.5 Å². The van der Waals surface area contributed by atoms with Crippen LogP contribution < -0.4 is 14.4 Å². The smallest absolute Gasteiger partial charge is 0.264 e. The molecule has 9 heteroatoms. The van der Waals surface area contributed by atoms with Gasteiger partial charge in [-0.15, -0.1) is 0 Å². The Balaban J connectivity index is 1.83. The fourth-order valence-electron chi connectivity index (χ4n) is 4.96. The van der Waals surface area contributed by atoms with Crippen LogP contribution in [0.5, 0.6) is 5.75 Å². The highest BCUT2D eigenvalue weighted by atomic mass is 32.2. The molecule has 1 N–H and O–H groups in total. The second kappa shape index (κ2) is 14.2. The Morgan fingerprint density at radius 2 is 1.39 bits per heavy atom. The predicted molar refractivity (Wildman–Crippen MR) is 173 cm³/mol. The Bertz CT molecular complexity index is 1690. The summed E-state index contributed by atoms with van der Waals surface area (Å²) >= 11 is 0. The first kappa shape index (κ1) is 32.3. The number of amides is 2. The first-order valence-corrected chi connectivity index (χ1v) is 15.8. The van der Waals surface area contributed by atoms with E-state index in [1.54, 1.807) is 24.3 Å². The second-order valence-corrected chi connectivity index (χ2v) is 12.7. The van der Waals surface area contributed by atoms with Crippen molar-refractivity contribution in [1.82, 2.24) is 10.2 Å². The number of hydrogen-bond donors (Lipinski definition) is 1. The molecule has 0 heterocycles. The van der Waals surface area contributed by atoms with Gasteiger partial charge in [0.1, 0.15) is 18.3 Å². The topological polar surface area (TPSA) is 96.0 Å². The molecule has 0 radical (unpaired) electrons. The van der Waals surface area contributed by atoms with Crippen LogP contribution in [-0.4, -0.2) is 51.9 Å². The molecule has 44 heavy (non-hydrogen) atoms. The molecular weight excluding hydrogens is 574 g/mol. The van der Waals surface area contributed by atoms with Crippen molar-refractivity contribution in [3.63, 3.8) is 0 Å². The van der Waals surface area contributed by atoms with Crippen LogP contribution in [0.1, 0.15) is 27.8 Å². The van der Waals surface area contributed by atoms with Crippen LogP contribution in [0.15, 0.2) is 102 Å². The van der Waals surface area contributed by atoms with Gasteiger partial charge in [0.2, 0.25) is 11.8 Å². The van der Waals surface area contributed by atoms with Gasteiger partial charge in [0.15, 0.2) is 0 Å². The minimum atomic E-state index is -4.23. The van der Waals surface area contributed by atoms with Crippen molar-refractivity contribution >= 4 is 27.5 Å². The average molecular weight is 614 g/mol. The normalized spacial score (nSPS) is 11.8. The van der Waals surface area contributed by atoms with Crippen LogP contribution in [0, 0.1) is 20.8 Å². The summed E-state index contributed by atoms with van der Waals surface area (Å²) in [6.45, 7) is 5.23. The third kappa shape index (κ3) is 7.65. The van der Waals surface area contributed by atoms with Crippen molar-refractivity contribution in [2.75, 3.05) is 25.0 Å². The van der Waals surface area contributed by atoms with Crippen molar-refractivity contribution in [3.05, 3.63) is 125 Å². The van der Waals surface area contributed by atoms with Gasteiger partial charge in [-0.3, -0.25) is 13.9 Å². The number of anilines is 1. The summed E-state index contributed by atoms with van der Waals surface area (Å²) in [5, 5.41) is 2.70. The molecule has 0 bridgehead atoms. The number of hydrogen-bond acceptors (Lipinski definition) is 5. The van der Waals surface area contributed by atoms with E-state index in [4.69, 9.17) is 4.74 Å². The fraction of sp³-hybridized carbons (Fsp3) is 0.257. The molecule has 2 amide bonds. The molecule has 0 spiro atoms. The number of aryl methyl sites for hydroxylation is 3. The number of carbonyl (C=O) groups excluding carboxylic acids is 2. The number of nitrogens with one attached hydrogen (secondary N) is 1. The van der Waals surface area contributed by atoms with E-state index in [0.717, 1.165) is 32.1 Å². The summed E-state index contributed by atoms with van der Waals surface area (Å²) in [6, 6.07) is 27.9. The first-order valence-electron chi connectivity index (χ1n) is 14.4. The van der Waals surface area contributed by atoms with Gasteiger partial charge in [0, 0.05) is 20.0 Å². The number of ether oxygens (including phenoxy) is 1.